The van der Waals surface area contributed by atoms with E-state index in [0.29, 0.717) is 0 Å². The number of aromatic nitrogens is 1. The van der Waals surface area contributed by atoms with Gasteiger partial charge in [0.1, 0.15) is 5.01 Å². The van der Waals surface area contributed by atoms with Crippen molar-refractivity contribution in [1.82, 2.24) is 4.98 Å². The molecule has 0 aliphatic carbocycles. The summed E-state index contributed by atoms with van der Waals surface area (Å²) >= 11 is 6.86. The molecule has 15 heavy (non-hydrogen) atoms. The lowest BCUT2D eigenvalue weighted by molar-refractivity contribution is 1.28. The third kappa shape index (κ3) is 2.62. The van der Waals surface area contributed by atoms with Gasteiger partial charge in [0.05, 0.1) is 11.0 Å². The van der Waals surface area contributed by atoms with Crippen molar-refractivity contribution < 1.29 is 0 Å². The summed E-state index contributed by atoms with van der Waals surface area (Å²) in [5.41, 5.74) is 2.26. The molecule has 1 aromatic carbocycles. The van der Waals surface area contributed by atoms with Crippen molar-refractivity contribution in [2.75, 3.05) is 6.26 Å². The van der Waals surface area contributed by atoms with E-state index in [1.807, 2.05) is 0 Å². The zero-order chi connectivity index (χ0) is 10.7. The van der Waals surface area contributed by atoms with E-state index in [9.17, 15) is 0 Å². The van der Waals surface area contributed by atoms with E-state index in [0.717, 1.165) is 16.0 Å². The molecule has 0 N–H and O–H groups in total. The number of hydrogen-bond donors (Lipinski definition) is 0. The molecule has 2 rings (SSSR count). The third-order valence-corrected chi connectivity index (χ3v) is 4.55. The Morgan fingerprint density at radius 1 is 1.33 bits per heavy atom. The number of benzene rings is 1. The van der Waals surface area contributed by atoms with Gasteiger partial charge in [-0.05, 0) is 18.4 Å². The van der Waals surface area contributed by atoms with E-state index < -0.39 is 0 Å². The van der Waals surface area contributed by atoms with Gasteiger partial charge < -0.3 is 0 Å². The Bertz CT molecular complexity index is 436. The predicted molar refractivity (Wildman–Crippen MR) is 72.0 cm³/mol. The lowest BCUT2D eigenvalue weighted by atomic mass is 10.2. The smallest absolute Gasteiger partial charge is 0.104 e. The van der Waals surface area contributed by atoms with Gasteiger partial charge in [-0.2, -0.15) is 0 Å². The number of nitrogens with zero attached hydrogens (tertiary/aromatic N) is 1. The first-order valence-corrected chi connectivity index (χ1v) is 7.71. The molecule has 0 radical (unpaired) electrons. The van der Waals surface area contributed by atoms with E-state index in [1.165, 1.54) is 10.5 Å². The van der Waals surface area contributed by atoms with Crippen LogP contribution in [-0.2, 0) is 5.33 Å². The van der Waals surface area contributed by atoms with Crippen LogP contribution in [0.1, 0.15) is 5.01 Å². The maximum atomic E-state index is 4.52. The number of thiazole rings is 1. The summed E-state index contributed by atoms with van der Waals surface area (Å²) in [6.45, 7) is 0. The molecule has 0 aliphatic heterocycles. The molecule has 0 fully saturated rings. The summed E-state index contributed by atoms with van der Waals surface area (Å²) in [4.78, 5) is 5.81. The summed E-state index contributed by atoms with van der Waals surface area (Å²) in [7, 11) is 0. The Morgan fingerprint density at radius 2 is 2.07 bits per heavy atom. The molecular weight excluding hydrogens is 290 g/mol. The second-order valence-corrected chi connectivity index (χ2v) is 5.37. The van der Waals surface area contributed by atoms with Crippen LogP contribution < -0.4 is 0 Å². The Morgan fingerprint density at radius 3 is 2.60 bits per heavy atom. The quantitative estimate of drug-likeness (QED) is 0.614. The SMILES string of the molecule is CSc1ccc(-c2csc(CBr)n2)cc1. The summed E-state index contributed by atoms with van der Waals surface area (Å²) in [6, 6.07) is 8.51. The minimum Gasteiger partial charge on any atom is -0.240 e. The molecule has 0 amide bonds. The summed E-state index contributed by atoms with van der Waals surface area (Å²) in [6.07, 6.45) is 2.08. The first-order valence-electron chi connectivity index (χ1n) is 4.48. The van der Waals surface area contributed by atoms with Gasteiger partial charge in [-0.3, -0.25) is 0 Å². The highest BCUT2D eigenvalue weighted by molar-refractivity contribution is 9.08. The minimum absolute atomic E-state index is 0.834. The van der Waals surface area contributed by atoms with E-state index in [1.54, 1.807) is 23.1 Å². The van der Waals surface area contributed by atoms with Crippen LogP contribution in [-0.4, -0.2) is 11.2 Å². The summed E-state index contributed by atoms with van der Waals surface area (Å²) in [5, 5.41) is 4.06. The van der Waals surface area contributed by atoms with Crippen LogP contribution in [0.25, 0.3) is 11.3 Å². The first-order chi connectivity index (χ1) is 7.33. The van der Waals surface area contributed by atoms with Crippen molar-refractivity contribution >= 4 is 39.0 Å². The molecule has 0 unspecified atom stereocenters. The van der Waals surface area contributed by atoms with Crippen LogP contribution in [0, 0.1) is 0 Å². The van der Waals surface area contributed by atoms with Gasteiger partial charge >= 0.3 is 0 Å². The molecule has 4 heteroatoms. The molecule has 1 heterocycles. The monoisotopic (exact) mass is 299 g/mol. The van der Waals surface area contributed by atoms with Gasteiger partial charge in [0, 0.05) is 15.8 Å². The van der Waals surface area contributed by atoms with E-state index in [2.05, 4.69) is 56.8 Å². The molecule has 0 bridgehead atoms. The molecule has 78 valence electrons. The van der Waals surface area contributed by atoms with Crippen molar-refractivity contribution in [3.8, 4) is 11.3 Å². The lowest BCUT2D eigenvalue weighted by Crippen LogP contribution is -1.79. The molecule has 0 aliphatic rings. The maximum Gasteiger partial charge on any atom is 0.104 e. The van der Waals surface area contributed by atoms with Crippen molar-refractivity contribution in [2.45, 2.75) is 10.2 Å². The van der Waals surface area contributed by atoms with Crippen LogP contribution in [0.4, 0.5) is 0 Å². The summed E-state index contributed by atoms with van der Waals surface area (Å²) < 4.78 is 0. The van der Waals surface area contributed by atoms with Crippen molar-refractivity contribution in [3.63, 3.8) is 0 Å². The molecule has 2 aromatic rings. The van der Waals surface area contributed by atoms with Crippen LogP contribution in [0.3, 0.4) is 0 Å². The molecule has 1 nitrogen and oxygen atoms in total. The van der Waals surface area contributed by atoms with Crippen molar-refractivity contribution in [3.05, 3.63) is 34.7 Å². The molecule has 0 atom stereocenters. The Hall–Kier alpha value is -0.320. The van der Waals surface area contributed by atoms with Crippen LogP contribution in [0.15, 0.2) is 34.5 Å². The topological polar surface area (TPSA) is 12.9 Å². The van der Waals surface area contributed by atoms with Crippen LogP contribution in [0.2, 0.25) is 0 Å². The fourth-order valence-electron chi connectivity index (χ4n) is 1.27. The average Bonchev–Trinajstić information content (AvgIpc) is 2.78. The van der Waals surface area contributed by atoms with Gasteiger partial charge in [0.15, 0.2) is 0 Å². The van der Waals surface area contributed by atoms with Crippen LogP contribution in [0.5, 0.6) is 0 Å². The second kappa shape index (κ2) is 5.14. The molecular formula is C11H10BrNS2. The number of halogens is 1. The van der Waals surface area contributed by atoms with Gasteiger partial charge in [0.2, 0.25) is 0 Å². The largest absolute Gasteiger partial charge is 0.240 e. The maximum absolute atomic E-state index is 4.52. The fourth-order valence-corrected chi connectivity index (χ4v) is 2.85. The van der Waals surface area contributed by atoms with Gasteiger partial charge in [-0.1, -0.05) is 28.1 Å². The Kier molecular flexibility index (Phi) is 3.83. The fraction of sp³-hybridized carbons (Fsp3) is 0.182. The van der Waals surface area contributed by atoms with E-state index in [-0.39, 0.29) is 0 Å². The standard InChI is InChI=1S/C11H10BrNS2/c1-14-9-4-2-8(3-5-9)10-7-15-11(6-12)13-10/h2-5,7H,6H2,1H3. The van der Waals surface area contributed by atoms with Gasteiger partial charge in [-0.25, -0.2) is 4.98 Å². The normalized spacial score (nSPS) is 10.5. The predicted octanol–water partition coefficient (Wildman–Crippen LogP) is 4.43. The van der Waals surface area contributed by atoms with Crippen molar-refractivity contribution in [1.29, 1.82) is 0 Å². The highest BCUT2D eigenvalue weighted by Gasteiger charge is 2.03. The molecule has 0 saturated carbocycles. The zero-order valence-corrected chi connectivity index (χ0v) is 11.5. The highest BCUT2D eigenvalue weighted by atomic mass is 79.9. The molecule has 0 spiro atoms. The summed E-state index contributed by atoms with van der Waals surface area (Å²) in [5.74, 6) is 0. The highest BCUT2D eigenvalue weighted by Crippen LogP contribution is 2.25. The second-order valence-electron chi connectivity index (χ2n) is 2.99. The molecule has 1 aromatic heterocycles. The van der Waals surface area contributed by atoms with E-state index in [4.69, 9.17) is 0 Å². The average molecular weight is 300 g/mol. The number of hydrogen-bond acceptors (Lipinski definition) is 3. The Balaban J connectivity index is 2.28. The minimum atomic E-state index is 0.834. The van der Waals surface area contributed by atoms with Crippen molar-refractivity contribution in [2.24, 2.45) is 0 Å². The number of alkyl halides is 1. The van der Waals surface area contributed by atoms with Gasteiger partial charge in [0.25, 0.3) is 0 Å². The Labute approximate surface area is 106 Å². The number of thioether (sulfide) groups is 1. The third-order valence-electron chi connectivity index (χ3n) is 2.05. The van der Waals surface area contributed by atoms with E-state index >= 15 is 0 Å². The zero-order valence-electron chi connectivity index (χ0n) is 8.24. The number of rotatable bonds is 3. The first kappa shape index (κ1) is 11.2. The lowest BCUT2D eigenvalue weighted by Gasteiger charge is -1.98. The molecule has 0 saturated heterocycles. The van der Waals surface area contributed by atoms with Gasteiger partial charge in [-0.15, -0.1) is 23.1 Å². The van der Waals surface area contributed by atoms with Crippen LogP contribution >= 0.6 is 39.0 Å².